The fourth-order valence-corrected chi connectivity index (χ4v) is 2.51. The molecule has 0 aromatic heterocycles. The Bertz CT molecular complexity index is 303. The summed E-state index contributed by atoms with van der Waals surface area (Å²) in [5.41, 5.74) is 8.24. The minimum atomic E-state index is 0.706. The molecule has 1 saturated carbocycles. The first kappa shape index (κ1) is 9.07. The standard InChI is InChI=1S/C11H14BrN/c12-9-5-6-11(13)10(7-9)8-3-1-2-4-8/h5-8H,1-4,13H2. The number of anilines is 1. The summed E-state index contributed by atoms with van der Waals surface area (Å²) in [5.74, 6) is 0.706. The number of hydrogen-bond donors (Lipinski definition) is 1. The van der Waals surface area contributed by atoms with Crippen molar-refractivity contribution in [1.29, 1.82) is 0 Å². The van der Waals surface area contributed by atoms with Crippen LogP contribution >= 0.6 is 15.9 Å². The van der Waals surface area contributed by atoms with Gasteiger partial charge in [0.15, 0.2) is 0 Å². The second-order valence-electron chi connectivity index (χ2n) is 3.75. The van der Waals surface area contributed by atoms with Gasteiger partial charge in [0.25, 0.3) is 0 Å². The van der Waals surface area contributed by atoms with Crippen molar-refractivity contribution in [2.24, 2.45) is 0 Å². The summed E-state index contributed by atoms with van der Waals surface area (Å²) in [7, 11) is 0. The Hall–Kier alpha value is -0.500. The van der Waals surface area contributed by atoms with Crippen molar-refractivity contribution in [2.45, 2.75) is 31.6 Å². The van der Waals surface area contributed by atoms with Gasteiger partial charge in [0.05, 0.1) is 0 Å². The molecule has 13 heavy (non-hydrogen) atoms. The van der Waals surface area contributed by atoms with Gasteiger partial charge in [0.1, 0.15) is 0 Å². The predicted molar refractivity (Wildman–Crippen MR) is 59.8 cm³/mol. The van der Waals surface area contributed by atoms with Gasteiger partial charge in [-0.05, 0) is 42.5 Å². The number of hydrogen-bond acceptors (Lipinski definition) is 1. The van der Waals surface area contributed by atoms with Crippen LogP contribution in [0.1, 0.15) is 37.2 Å². The lowest BCUT2D eigenvalue weighted by Crippen LogP contribution is -1.98. The van der Waals surface area contributed by atoms with E-state index in [1.807, 2.05) is 12.1 Å². The fourth-order valence-electron chi connectivity index (χ4n) is 2.14. The Morgan fingerprint density at radius 2 is 1.92 bits per heavy atom. The second-order valence-corrected chi connectivity index (χ2v) is 4.67. The molecule has 1 aromatic carbocycles. The summed E-state index contributed by atoms with van der Waals surface area (Å²) < 4.78 is 1.14. The van der Waals surface area contributed by atoms with E-state index >= 15 is 0 Å². The van der Waals surface area contributed by atoms with Crippen LogP contribution in [0.15, 0.2) is 22.7 Å². The van der Waals surface area contributed by atoms with Gasteiger partial charge in [-0.1, -0.05) is 28.8 Å². The van der Waals surface area contributed by atoms with Crippen LogP contribution in [0.2, 0.25) is 0 Å². The van der Waals surface area contributed by atoms with E-state index < -0.39 is 0 Å². The summed E-state index contributed by atoms with van der Waals surface area (Å²) in [5, 5.41) is 0. The van der Waals surface area contributed by atoms with Gasteiger partial charge in [-0.25, -0.2) is 0 Å². The van der Waals surface area contributed by atoms with Crippen LogP contribution in [0.25, 0.3) is 0 Å². The van der Waals surface area contributed by atoms with Crippen LogP contribution in [-0.2, 0) is 0 Å². The lowest BCUT2D eigenvalue weighted by molar-refractivity contribution is 0.725. The lowest BCUT2D eigenvalue weighted by Gasteiger charge is -2.12. The molecule has 1 aromatic rings. The summed E-state index contributed by atoms with van der Waals surface area (Å²) in [4.78, 5) is 0. The van der Waals surface area contributed by atoms with E-state index in [4.69, 9.17) is 5.73 Å². The average Bonchev–Trinajstić information content (AvgIpc) is 2.61. The zero-order chi connectivity index (χ0) is 9.26. The second kappa shape index (κ2) is 3.70. The van der Waals surface area contributed by atoms with Gasteiger partial charge in [-0.15, -0.1) is 0 Å². The molecular formula is C11H14BrN. The van der Waals surface area contributed by atoms with Gasteiger partial charge in [-0.2, -0.15) is 0 Å². The summed E-state index contributed by atoms with van der Waals surface area (Å²) in [6, 6.07) is 6.18. The van der Waals surface area contributed by atoms with Gasteiger partial charge in [0.2, 0.25) is 0 Å². The molecule has 0 aliphatic heterocycles. The first-order valence-corrected chi connectivity index (χ1v) is 5.61. The zero-order valence-corrected chi connectivity index (χ0v) is 9.18. The highest BCUT2D eigenvalue weighted by atomic mass is 79.9. The Balaban J connectivity index is 2.32. The first-order valence-electron chi connectivity index (χ1n) is 4.82. The zero-order valence-electron chi connectivity index (χ0n) is 7.59. The summed E-state index contributed by atoms with van der Waals surface area (Å²) in [6.07, 6.45) is 5.33. The van der Waals surface area contributed by atoms with E-state index in [0.29, 0.717) is 5.92 Å². The third kappa shape index (κ3) is 1.88. The third-order valence-corrected chi connectivity index (χ3v) is 3.34. The molecule has 70 valence electrons. The molecule has 0 atom stereocenters. The van der Waals surface area contributed by atoms with Gasteiger partial charge < -0.3 is 5.73 Å². The molecule has 0 heterocycles. The van der Waals surface area contributed by atoms with E-state index in [0.717, 1.165) is 10.2 Å². The number of benzene rings is 1. The van der Waals surface area contributed by atoms with Crippen LogP contribution < -0.4 is 5.73 Å². The maximum atomic E-state index is 5.95. The monoisotopic (exact) mass is 239 g/mol. The molecule has 1 nitrogen and oxygen atoms in total. The Kier molecular flexibility index (Phi) is 2.58. The normalized spacial score (nSPS) is 17.9. The highest BCUT2D eigenvalue weighted by molar-refractivity contribution is 9.10. The topological polar surface area (TPSA) is 26.0 Å². The third-order valence-electron chi connectivity index (χ3n) is 2.84. The molecule has 0 radical (unpaired) electrons. The molecule has 2 rings (SSSR count). The van der Waals surface area contributed by atoms with Crippen molar-refractivity contribution in [2.75, 3.05) is 5.73 Å². The molecule has 0 unspecified atom stereocenters. The smallest absolute Gasteiger partial charge is 0.0350 e. The molecule has 0 spiro atoms. The molecule has 0 bridgehead atoms. The molecule has 1 fully saturated rings. The highest BCUT2D eigenvalue weighted by Crippen LogP contribution is 2.37. The first-order chi connectivity index (χ1) is 6.27. The van der Waals surface area contributed by atoms with E-state index in [2.05, 4.69) is 22.0 Å². The van der Waals surface area contributed by atoms with Crippen LogP contribution in [0.4, 0.5) is 5.69 Å². The van der Waals surface area contributed by atoms with Crippen LogP contribution in [0.3, 0.4) is 0 Å². The largest absolute Gasteiger partial charge is 0.398 e. The maximum Gasteiger partial charge on any atom is 0.0350 e. The van der Waals surface area contributed by atoms with Crippen molar-refractivity contribution >= 4 is 21.6 Å². The van der Waals surface area contributed by atoms with Crippen LogP contribution in [0.5, 0.6) is 0 Å². The maximum absolute atomic E-state index is 5.95. The molecule has 0 saturated heterocycles. The van der Waals surface area contributed by atoms with Crippen molar-refractivity contribution in [1.82, 2.24) is 0 Å². The quantitative estimate of drug-likeness (QED) is 0.744. The van der Waals surface area contributed by atoms with Gasteiger partial charge >= 0.3 is 0 Å². The fraction of sp³-hybridized carbons (Fsp3) is 0.455. The van der Waals surface area contributed by atoms with Crippen LogP contribution in [-0.4, -0.2) is 0 Å². The minimum Gasteiger partial charge on any atom is -0.398 e. The molecule has 2 N–H and O–H groups in total. The average molecular weight is 240 g/mol. The van der Waals surface area contributed by atoms with Crippen LogP contribution in [0, 0.1) is 0 Å². The molecule has 1 aliphatic carbocycles. The van der Waals surface area contributed by atoms with Gasteiger partial charge in [0, 0.05) is 10.2 Å². The Morgan fingerprint density at radius 1 is 1.23 bits per heavy atom. The number of rotatable bonds is 1. The Labute approximate surface area is 87.5 Å². The van der Waals surface area contributed by atoms with E-state index in [1.54, 1.807) is 0 Å². The number of nitrogens with two attached hydrogens (primary N) is 1. The van der Waals surface area contributed by atoms with E-state index in [-0.39, 0.29) is 0 Å². The molecule has 1 aliphatic rings. The predicted octanol–water partition coefficient (Wildman–Crippen LogP) is 3.69. The van der Waals surface area contributed by atoms with E-state index in [1.165, 1.54) is 31.2 Å². The summed E-state index contributed by atoms with van der Waals surface area (Å²) in [6.45, 7) is 0. The summed E-state index contributed by atoms with van der Waals surface area (Å²) >= 11 is 3.49. The number of halogens is 1. The SMILES string of the molecule is Nc1ccc(Br)cc1C1CCCC1. The minimum absolute atomic E-state index is 0.706. The van der Waals surface area contributed by atoms with Crippen molar-refractivity contribution in [3.63, 3.8) is 0 Å². The molecule has 2 heteroatoms. The van der Waals surface area contributed by atoms with Crippen molar-refractivity contribution in [3.8, 4) is 0 Å². The van der Waals surface area contributed by atoms with Crippen molar-refractivity contribution < 1.29 is 0 Å². The molecular weight excluding hydrogens is 226 g/mol. The van der Waals surface area contributed by atoms with Gasteiger partial charge in [-0.3, -0.25) is 0 Å². The van der Waals surface area contributed by atoms with Crippen molar-refractivity contribution in [3.05, 3.63) is 28.2 Å². The Morgan fingerprint density at radius 3 is 2.62 bits per heavy atom. The molecule has 0 amide bonds. The lowest BCUT2D eigenvalue weighted by atomic mass is 9.96. The number of nitrogen functional groups attached to an aromatic ring is 1. The van der Waals surface area contributed by atoms with E-state index in [9.17, 15) is 0 Å². The highest BCUT2D eigenvalue weighted by Gasteiger charge is 2.18.